The molecule has 4 rings (SSSR count). The maximum Gasteiger partial charge on any atom is 0.356 e. The summed E-state index contributed by atoms with van der Waals surface area (Å²) >= 11 is 0. The average molecular weight is 391 g/mol. The van der Waals surface area contributed by atoms with Gasteiger partial charge >= 0.3 is 5.97 Å². The molecule has 9 heteroatoms. The van der Waals surface area contributed by atoms with Crippen molar-refractivity contribution >= 4 is 5.97 Å². The van der Waals surface area contributed by atoms with E-state index in [1.807, 2.05) is 30.3 Å². The molecule has 0 saturated carbocycles. The highest BCUT2D eigenvalue weighted by Crippen LogP contribution is 2.33. The first kappa shape index (κ1) is 18.2. The Labute approximate surface area is 165 Å². The van der Waals surface area contributed by atoms with Crippen molar-refractivity contribution in [2.45, 2.75) is 6.61 Å². The summed E-state index contributed by atoms with van der Waals surface area (Å²) < 4.78 is 12.6. The van der Waals surface area contributed by atoms with Gasteiger partial charge in [-0.2, -0.15) is 5.21 Å². The maximum atomic E-state index is 12.1. The molecular formula is C20H17N5O4. The molecule has 0 aliphatic rings. The van der Waals surface area contributed by atoms with Crippen molar-refractivity contribution in [3.05, 3.63) is 71.9 Å². The molecule has 0 aliphatic carbocycles. The summed E-state index contributed by atoms with van der Waals surface area (Å²) in [7, 11) is 1.56. The highest BCUT2D eigenvalue weighted by Gasteiger charge is 2.26. The van der Waals surface area contributed by atoms with Crippen LogP contribution in [0.3, 0.4) is 0 Å². The van der Waals surface area contributed by atoms with Gasteiger partial charge in [-0.15, -0.1) is 10.2 Å². The normalized spacial score (nSPS) is 10.7. The third kappa shape index (κ3) is 3.65. The number of tetrazole rings is 1. The van der Waals surface area contributed by atoms with Gasteiger partial charge in [0.2, 0.25) is 5.82 Å². The molecule has 0 atom stereocenters. The number of rotatable bonds is 7. The van der Waals surface area contributed by atoms with Crippen LogP contribution in [0.4, 0.5) is 0 Å². The van der Waals surface area contributed by atoms with Crippen molar-refractivity contribution in [1.29, 1.82) is 0 Å². The lowest BCUT2D eigenvalue weighted by Gasteiger charge is -2.11. The highest BCUT2D eigenvalue weighted by molar-refractivity contribution is 5.92. The van der Waals surface area contributed by atoms with E-state index >= 15 is 0 Å². The Morgan fingerprint density at radius 1 is 1.14 bits per heavy atom. The molecule has 29 heavy (non-hydrogen) atoms. The molecule has 0 saturated heterocycles. The fourth-order valence-electron chi connectivity index (χ4n) is 2.97. The fourth-order valence-corrected chi connectivity index (χ4v) is 2.97. The molecule has 9 nitrogen and oxygen atoms in total. The van der Waals surface area contributed by atoms with E-state index < -0.39 is 5.97 Å². The van der Waals surface area contributed by atoms with Gasteiger partial charge in [0.15, 0.2) is 11.4 Å². The molecule has 0 spiro atoms. The molecule has 2 N–H and O–H groups in total. The Balaban J connectivity index is 1.82. The molecule has 0 amide bonds. The van der Waals surface area contributed by atoms with Gasteiger partial charge in [-0.3, -0.25) is 4.57 Å². The van der Waals surface area contributed by atoms with Crippen molar-refractivity contribution in [1.82, 2.24) is 25.2 Å². The van der Waals surface area contributed by atoms with Crippen LogP contribution in [0.5, 0.6) is 11.5 Å². The van der Waals surface area contributed by atoms with E-state index in [0.29, 0.717) is 17.1 Å². The number of hydrogen-bond donors (Lipinski definition) is 2. The number of methoxy groups -OCH3 is 1. The van der Waals surface area contributed by atoms with Crippen molar-refractivity contribution in [2.75, 3.05) is 7.11 Å². The number of carbonyl (C=O) groups is 1. The van der Waals surface area contributed by atoms with E-state index in [4.69, 9.17) is 9.47 Å². The zero-order chi connectivity index (χ0) is 20.2. The Hall–Kier alpha value is -4.14. The van der Waals surface area contributed by atoms with Crippen LogP contribution < -0.4 is 9.47 Å². The Morgan fingerprint density at radius 3 is 2.52 bits per heavy atom. The van der Waals surface area contributed by atoms with Gasteiger partial charge in [0.25, 0.3) is 0 Å². The van der Waals surface area contributed by atoms with Gasteiger partial charge in [-0.05, 0) is 35.0 Å². The second-order valence-corrected chi connectivity index (χ2v) is 6.09. The van der Waals surface area contributed by atoms with Gasteiger partial charge in [0.05, 0.1) is 12.8 Å². The lowest BCUT2D eigenvalue weighted by molar-refractivity contribution is 0.0683. The minimum absolute atomic E-state index is 0.0362. The molecule has 0 unspecified atom stereocenters. The van der Waals surface area contributed by atoms with E-state index in [1.54, 1.807) is 37.4 Å². The van der Waals surface area contributed by atoms with Crippen molar-refractivity contribution in [2.24, 2.45) is 0 Å². The second kappa shape index (κ2) is 7.85. The second-order valence-electron chi connectivity index (χ2n) is 6.09. The van der Waals surface area contributed by atoms with Crippen molar-refractivity contribution in [3.63, 3.8) is 0 Å². The van der Waals surface area contributed by atoms with E-state index in [0.717, 1.165) is 5.56 Å². The monoisotopic (exact) mass is 391 g/mol. The average Bonchev–Trinajstić information content (AvgIpc) is 3.41. The number of benzene rings is 2. The van der Waals surface area contributed by atoms with Gasteiger partial charge < -0.3 is 14.6 Å². The van der Waals surface area contributed by atoms with Crippen LogP contribution in [-0.2, 0) is 6.61 Å². The molecule has 2 heterocycles. The number of aromatic carboxylic acids is 1. The van der Waals surface area contributed by atoms with Crippen LogP contribution in [-0.4, -0.2) is 43.4 Å². The minimum Gasteiger partial charge on any atom is -0.497 e. The molecule has 0 aliphatic heterocycles. The summed E-state index contributed by atoms with van der Waals surface area (Å²) in [4.78, 5) is 12.1. The Morgan fingerprint density at radius 2 is 1.90 bits per heavy atom. The summed E-state index contributed by atoms with van der Waals surface area (Å²) in [5, 5.41) is 23.9. The Bertz CT molecular complexity index is 1110. The number of nitrogens with zero attached hydrogens (tertiary/aromatic N) is 4. The van der Waals surface area contributed by atoms with E-state index in [-0.39, 0.29) is 23.9 Å². The lowest BCUT2D eigenvalue weighted by Crippen LogP contribution is -2.10. The van der Waals surface area contributed by atoms with Crippen LogP contribution in [0.1, 0.15) is 16.1 Å². The predicted molar refractivity (Wildman–Crippen MR) is 103 cm³/mol. The first-order valence-electron chi connectivity index (χ1n) is 8.71. The first-order chi connectivity index (χ1) is 14.2. The number of ether oxygens (including phenoxy) is 2. The number of aromatic amines is 1. The summed E-state index contributed by atoms with van der Waals surface area (Å²) in [6.45, 7) is 0.222. The van der Waals surface area contributed by atoms with Crippen LogP contribution in [0, 0.1) is 0 Å². The van der Waals surface area contributed by atoms with Crippen molar-refractivity contribution < 1.29 is 19.4 Å². The topological polar surface area (TPSA) is 115 Å². The number of carboxylic acid groups (broad SMARTS) is 1. The van der Waals surface area contributed by atoms with Gasteiger partial charge in [0, 0.05) is 11.8 Å². The van der Waals surface area contributed by atoms with E-state index in [1.165, 1.54) is 4.57 Å². The molecule has 146 valence electrons. The number of aromatic nitrogens is 5. The quantitative estimate of drug-likeness (QED) is 0.498. The SMILES string of the molecule is COc1ccc(-n2c(-c3nn[nH]n3)cc(OCc3ccccc3)c2C(=O)O)cc1. The van der Waals surface area contributed by atoms with Crippen molar-refractivity contribution in [3.8, 4) is 28.7 Å². The van der Waals surface area contributed by atoms with Gasteiger partial charge in [-0.1, -0.05) is 30.3 Å². The summed E-state index contributed by atoms with van der Waals surface area (Å²) in [6, 6.07) is 18.1. The highest BCUT2D eigenvalue weighted by atomic mass is 16.5. The van der Waals surface area contributed by atoms with Crippen LogP contribution >= 0.6 is 0 Å². The number of hydrogen-bond acceptors (Lipinski definition) is 6. The van der Waals surface area contributed by atoms with Crippen LogP contribution in [0.2, 0.25) is 0 Å². The zero-order valence-electron chi connectivity index (χ0n) is 15.4. The summed E-state index contributed by atoms with van der Waals surface area (Å²) in [5.41, 5.74) is 1.91. The molecule has 2 aromatic heterocycles. The lowest BCUT2D eigenvalue weighted by atomic mass is 10.2. The number of H-pyrrole nitrogens is 1. The summed E-state index contributed by atoms with van der Waals surface area (Å²) in [6.07, 6.45) is 0. The summed E-state index contributed by atoms with van der Waals surface area (Å²) in [5.74, 6) is -0.0343. The Kier molecular flexibility index (Phi) is 4.93. The molecule has 4 aromatic rings. The molecule has 0 radical (unpaired) electrons. The molecule has 0 fully saturated rings. The standard InChI is InChI=1S/C20H17N5O4/c1-28-15-9-7-14(8-10-15)25-16(19-21-23-24-22-19)11-17(18(25)20(26)27)29-12-13-5-3-2-4-6-13/h2-11H,12H2,1H3,(H,26,27)(H,21,22,23,24). The maximum absolute atomic E-state index is 12.1. The van der Waals surface area contributed by atoms with E-state index in [2.05, 4.69) is 20.6 Å². The fraction of sp³-hybridized carbons (Fsp3) is 0.100. The third-order valence-electron chi connectivity index (χ3n) is 4.31. The van der Waals surface area contributed by atoms with Crippen LogP contribution in [0.25, 0.3) is 17.2 Å². The first-order valence-corrected chi connectivity index (χ1v) is 8.71. The molecular weight excluding hydrogens is 374 g/mol. The molecule has 2 aromatic carbocycles. The largest absolute Gasteiger partial charge is 0.497 e. The minimum atomic E-state index is -1.14. The molecule has 0 bridgehead atoms. The smallest absolute Gasteiger partial charge is 0.356 e. The van der Waals surface area contributed by atoms with Crippen LogP contribution in [0.15, 0.2) is 60.7 Å². The zero-order valence-corrected chi connectivity index (χ0v) is 15.4. The van der Waals surface area contributed by atoms with Gasteiger partial charge in [0.1, 0.15) is 12.4 Å². The van der Waals surface area contributed by atoms with Gasteiger partial charge in [-0.25, -0.2) is 4.79 Å². The predicted octanol–water partition coefficient (Wildman–Crippen LogP) is 2.94. The third-order valence-corrected chi connectivity index (χ3v) is 4.31. The number of carboxylic acids is 1. The van der Waals surface area contributed by atoms with E-state index in [9.17, 15) is 9.90 Å². The number of nitrogens with one attached hydrogen (secondary N) is 1.